The molecule has 0 aliphatic carbocycles. The van der Waals surface area contributed by atoms with E-state index in [4.69, 9.17) is 9.47 Å². The molecule has 28 heavy (non-hydrogen) atoms. The van der Waals surface area contributed by atoms with Crippen LogP contribution in [0, 0.1) is 0 Å². The normalized spacial score (nSPS) is 11.5. The fourth-order valence-electron chi connectivity index (χ4n) is 3.01. The van der Waals surface area contributed by atoms with Crippen molar-refractivity contribution in [3.05, 3.63) is 66.2 Å². The van der Waals surface area contributed by atoms with Crippen molar-refractivity contribution in [1.29, 1.82) is 0 Å². The predicted octanol–water partition coefficient (Wildman–Crippen LogP) is 5.97. The minimum atomic E-state index is -4.57. The van der Waals surface area contributed by atoms with E-state index in [1.54, 1.807) is 48.5 Å². The maximum atomic E-state index is 13.8. The van der Waals surface area contributed by atoms with Crippen molar-refractivity contribution in [1.82, 2.24) is 0 Å². The average molecular weight is 404 g/mol. The Balaban J connectivity index is 2.35. The maximum Gasteiger partial charge on any atom is 0.417 e. The van der Waals surface area contributed by atoms with Crippen molar-refractivity contribution in [2.45, 2.75) is 6.18 Å². The van der Waals surface area contributed by atoms with E-state index in [2.05, 4.69) is 0 Å². The number of benzene rings is 3. The van der Waals surface area contributed by atoms with Gasteiger partial charge in [-0.15, -0.1) is 0 Å². The van der Waals surface area contributed by atoms with E-state index in [-0.39, 0.29) is 24.9 Å². The molecule has 0 atom stereocenters. The summed E-state index contributed by atoms with van der Waals surface area (Å²) >= 11 is 0. The Bertz CT molecular complexity index is 982. The zero-order chi connectivity index (χ0) is 20.3. The van der Waals surface area contributed by atoms with Crippen molar-refractivity contribution in [3.8, 4) is 33.8 Å². The maximum absolute atomic E-state index is 13.8. The fourth-order valence-corrected chi connectivity index (χ4v) is 3.48. The summed E-state index contributed by atoms with van der Waals surface area (Å²) in [7, 11) is 2.62. The Morgan fingerprint density at radius 3 is 1.57 bits per heavy atom. The molecular weight excluding hydrogens is 388 g/mol. The predicted molar refractivity (Wildman–Crippen MR) is 103 cm³/mol. The second-order valence-electron chi connectivity index (χ2n) is 5.93. The first kappa shape index (κ1) is 19.9. The van der Waals surface area contributed by atoms with Crippen LogP contribution in [0.5, 0.6) is 11.5 Å². The summed E-state index contributed by atoms with van der Waals surface area (Å²) < 4.78 is 63.4. The summed E-state index contributed by atoms with van der Waals surface area (Å²) in [5.74, 6) is 1.10. The van der Waals surface area contributed by atoms with Gasteiger partial charge < -0.3 is 9.47 Å². The number of hydrogen-bond acceptors (Lipinski definition) is 3. The molecule has 0 N–H and O–H groups in total. The van der Waals surface area contributed by atoms with Gasteiger partial charge in [-0.3, -0.25) is 4.57 Å². The van der Waals surface area contributed by atoms with Crippen molar-refractivity contribution < 1.29 is 27.2 Å². The second kappa shape index (κ2) is 8.03. The number of hydrogen-bond donors (Lipinski definition) is 0. The van der Waals surface area contributed by atoms with Gasteiger partial charge in [0, 0.05) is 11.1 Å². The molecule has 0 radical (unpaired) electrons. The molecule has 7 heteroatoms. The molecule has 3 aromatic carbocycles. The lowest BCUT2D eigenvalue weighted by molar-refractivity contribution is -0.137. The molecule has 0 heterocycles. The Kier molecular flexibility index (Phi) is 5.71. The third kappa shape index (κ3) is 3.87. The molecule has 3 aromatic rings. The van der Waals surface area contributed by atoms with E-state index in [0.717, 1.165) is 6.07 Å². The number of rotatable bonds is 5. The fraction of sp³-hybridized carbons (Fsp3) is 0.143. The molecule has 0 aliphatic heterocycles. The summed E-state index contributed by atoms with van der Waals surface area (Å²) in [6.45, 7) is 0. The minimum absolute atomic E-state index is 0.0267. The lowest BCUT2D eigenvalue weighted by Crippen LogP contribution is -2.12. The van der Waals surface area contributed by atoms with Crippen LogP contribution in [0.4, 0.5) is 13.2 Å². The molecule has 0 bridgehead atoms. The van der Waals surface area contributed by atoms with Crippen LogP contribution in [0.2, 0.25) is 0 Å². The standard InChI is InChI=1S/C21H16F3O3P/c1-26-15-7-3-13(4-8-15)19-17(21(22,23)24)11-12-18(28-25)20(19)14-5-9-16(27-2)10-6-14/h3-12H,1-2H3. The summed E-state index contributed by atoms with van der Waals surface area (Å²) in [5, 5.41) is 0.268. The number of halogens is 3. The molecule has 3 nitrogen and oxygen atoms in total. The van der Waals surface area contributed by atoms with Gasteiger partial charge in [0.2, 0.25) is 0 Å². The summed E-state index contributed by atoms with van der Waals surface area (Å²) in [6, 6.07) is 15.1. The van der Waals surface area contributed by atoms with Crippen molar-refractivity contribution in [2.75, 3.05) is 14.2 Å². The van der Waals surface area contributed by atoms with E-state index in [9.17, 15) is 17.7 Å². The molecule has 0 saturated carbocycles. The molecule has 0 amide bonds. The highest BCUT2D eigenvalue weighted by Gasteiger charge is 2.35. The van der Waals surface area contributed by atoms with Crippen LogP contribution in [0.1, 0.15) is 5.56 Å². The molecular formula is C21H16F3O3P. The molecule has 0 saturated heterocycles. The highest BCUT2D eigenvalue weighted by Crippen LogP contribution is 2.43. The zero-order valence-corrected chi connectivity index (χ0v) is 16.0. The second-order valence-corrected chi connectivity index (χ2v) is 6.59. The Labute approximate surface area is 161 Å². The van der Waals surface area contributed by atoms with Gasteiger partial charge in [-0.1, -0.05) is 24.3 Å². The van der Waals surface area contributed by atoms with Crippen LogP contribution < -0.4 is 14.8 Å². The van der Waals surface area contributed by atoms with Crippen LogP contribution in [0.25, 0.3) is 22.3 Å². The third-order valence-corrected chi connectivity index (χ3v) is 4.91. The first-order chi connectivity index (χ1) is 13.4. The topological polar surface area (TPSA) is 35.5 Å². The highest BCUT2D eigenvalue weighted by atomic mass is 31.1. The quantitative estimate of drug-likeness (QED) is 0.491. The van der Waals surface area contributed by atoms with Gasteiger partial charge in [-0.2, -0.15) is 13.2 Å². The van der Waals surface area contributed by atoms with Crippen LogP contribution in [-0.2, 0) is 10.7 Å². The van der Waals surface area contributed by atoms with Crippen molar-refractivity contribution >= 4 is 13.8 Å². The summed E-state index contributed by atoms with van der Waals surface area (Å²) in [4.78, 5) is 0. The zero-order valence-electron chi connectivity index (χ0n) is 15.1. The van der Waals surface area contributed by atoms with E-state index in [0.29, 0.717) is 22.6 Å². The van der Waals surface area contributed by atoms with Gasteiger partial charge >= 0.3 is 6.18 Å². The van der Waals surface area contributed by atoms with Crippen molar-refractivity contribution in [2.24, 2.45) is 0 Å². The SMILES string of the molecule is COc1ccc(-c2c(P=O)ccc(C(F)(F)F)c2-c2ccc(OC)cc2)cc1. The van der Waals surface area contributed by atoms with Gasteiger partial charge in [0.15, 0.2) is 8.46 Å². The third-order valence-electron chi connectivity index (χ3n) is 4.34. The lowest BCUT2D eigenvalue weighted by atomic mass is 9.90. The number of alkyl halides is 3. The molecule has 0 fully saturated rings. The van der Waals surface area contributed by atoms with Crippen LogP contribution in [0.3, 0.4) is 0 Å². The molecule has 0 spiro atoms. The Morgan fingerprint density at radius 2 is 1.18 bits per heavy atom. The average Bonchev–Trinajstić information content (AvgIpc) is 2.72. The van der Waals surface area contributed by atoms with Crippen LogP contribution >= 0.6 is 8.46 Å². The first-order valence-corrected chi connectivity index (χ1v) is 9.06. The molecule has 3 rings (SSSR count). The van der Waals surface area contributed by atoms with Gasteiger partial charge in [-0.05, 0) is 47.5 Å². The van der Waals surface area contributed by atoms with E-state index < -0.39 is 11.7 Å². The van der Waals surface area contributed by atoms with E-state index >= 15 is 0 Å². The molecule has 0 unspecified atom stereocenters. The van der Waals surface area contributed by atoms with Crippen molar-refractivity contribution in [3.63, 3.8) is 0 Å². The Hall–Kier alpha value is -2.85. The summed E-state index contributed by atoms with van der Waals surface area (Å²) in [6.07, 6.45) is -4.57. The summed E-state index contributed by atoms with van der Waals surface area (Å²) in [5.41, 5.74) is 0.303. The highest BCUT2D eigenvalue weighted by molar-refractivity contribution is 7.34. The van der Waals surface area contributed by atoms with Gasteiger partial charge in [0.1, 0.15) is 11.5 Å². The molecule has 144 valence electrons. The van der Waals surface area contributed by atoms with Crippen LogP contribution in [0.15, 0.2) is 60.7 Å². The van der Waals surface area contributed by atoms with Gasteiger partial charge in [-0.25, -0.2) is 0 Å². The minimum Gasteiger partial charge on any atom is -0.497 e. The van der Waals surface area contributed by atoms with Gasteiger partial charge in [0.05, 0.1) is 25.1 Å². The Morgan fingerprint density at radius 1 is 0.714 bits per heavy atom. The van der Waals surface area contributed by atoms with E-state index in [1.165, 1.54) is 20.3 Å². The molecule has 0 aliphatic rings. The number of ether oxygens (including phenoxy) is 2. The molecule has 0 aromatic heterocycles. The smallest absolute Gasteiger partial charge is 0.417 e. The first-order valence-electron chi connectivity index (χ1n) is 8.25. The number of methoxy groups -OCH3 is 2. The van der Waals surface area contributed by atoms with Gasteiger partial charge in [0.25, 0.3) is 0 Å². The monoisotopic (exact) mass is 404 g/mol. The largest absolute Gasteiger partial charge is 0.497 e. The van der Waals surface area contributed by atoms with E-state index in [1.807, 2.05) is 0 Å². The lowest BCUT2D eigenvalue weighted by Gasteiger charge is -2.19. The van der Waals surface area contributed by atoms with Crippen LogP contribution in [-0.4, -0.2) is 14.2 Å².